The lowest BCUT2D eigenvalue weighted by molar-refractivity contribution is 0.295. The fourth-order valence-electron chi connectivity index (χ4n) is 1.69. The summed E-state index contributed by atoms with van der Waals surface area (Å²) in [5.41, 5.74) is 0.0363. The first-order valence-electron chi connectivity index (χ1n) is 5.52. The lowest BCUT2D eigenvalue weighted by atomic mass is 9.83. The van der Waals surface area contributed by atoms with Crippen LogP contribution in [-0.4, -0.2) is 12.1 Å². The molecular formula is C12H18BrNO. The Morgan fingerprint density at radius 3 is 2.60 bits per heavy atom. The molecule has 1 aromatic rings. The van der Waals surface area contributed by atoms with Crippen LogP contribution in [0.5, 0.6) is 0 Å². The first-order chi connectivity index (χ1) is 7.00. The summed E-state index contributed by atoms with van der Waals surface area (Å²) in [6.07, 6.45) is 2.64. The second kappa shape index (κ2) is 3.95. The average Bonchev–Trinajstić information content (AvgIpc) is 2.86. The normalized spacial score (nSPS) is 19.2. The van der Waals surface area contributed by atoms with E-state index in [2.05, 4.69) is 48.1 Å². The third kappa shape index (κ3) is 2.45. The van der Waals surface area contributed by atoms with Gasteiger partial charge in [0.1, 0.15) is 5.76 Å². The van der Waals surface area contributed by atoms with Crippen molar-refractivity contribution in [3.8, 4) is 0 Å². The van der Waals surface area contributed by atoms with E-state index in [4.69, 9.17) is 4.42 Å². The molecule has 1 heterocycles. The number of nitrogens with one attached hydrogen (secondary N) is 1. The van der Waals surface area contributed by atoms with E-state index in [1.165, 1.54) is 12.8 Å². The SMILES string of the molecule is CC(NC1CC1)C(C)(C)c1ccc(Br)o1. The first kappa shape index (κ1) is 11.2. The van der Waals surface area contributed by atoms with Gasteiger partial charge in [-0.05, 0) is 47.8 Å². The van der Waals surface area contributed by atoms with Crippen molar-refractivity contribution in [3.05, 3.63) is 22.6 Å². The van der Waals surface area contributed by atoms with Crippen molar-refractivity contribution in [2.45, 2.75) is 51.1 Å². The van der Waals surface area contributed by atoms with Gasteiger partial charge >= 0.3 is 0 Å². The molecule has 2 rings (SSSR count). The minimum absolute atomic E-state index is 0.0363. The fraction of sp³-hybridized carbons (Fsp3) is 0.667. The summed E-state index contributed by atoms with van der Waals surface area (Å²) in [5, 5.41) is 3.63. The van der Waals surface area contributed by atoms with Gasteiger partial charge in [0.25, 0.3) is 0 Å². The highest BCUT2D eigenvalue weighted by Crippen LogP contribution is 2.32. The van der Waals surface area contributed by atoms with Crippen molar-refractivity contribution >= 4 is 15.9 Å². The summed E-state index contributed by atoms with van der Waals surface area (Å²) in [4.78, 5) is 0. The molecule has 15 heavy (non-hydrogen) atoms. The molecule has 0 radical (unpaired) electrons. The van der Waals surface area contributed by atoms with E-state index >= 15 is 0 Å². The van der Waals surface area contributed by atoms with Crippen molar-refractivity contribution in [1.29, 1.82) is 0 Å². The van der Waals surface area contributed by atoms with Crippen molar-refractivity contribution < 1.29 is 4.42 Å². The molecule has 1 aliphatic carbocycles. The largest absolute Gasteiger partial charge is 0.454 e. The smallest absolute Gasteiger partial charge is 0.169 e. The van der Waals surface area contributed by atoms with Crippen LogP contribution >= 0.6 is 15.9 Å². The van der Waals surface area contributed by atoms with Gasteiger partial charge in [-0.2, -0.15) is 0 Å². The number of halogens is 1. The van der Waals surface area contributed by atoms with Gasteiger partial charge in [0.05, 0.1) is 0 Å². The summed E-state index contributed by atoms with van der Waals surface area (Å²) in [5.74, 6) is 1.04. The van der Waals surface area contributed by atoms with Crippen LogP contribution in [0.3, 0.4) is 0 Å². The van der Waals surface area contributed by atoms with Gasteiger partial charge in [-0.15, -0.1) is 0 Å². The quantitative estimate of drug-likeness (QED) is 0.908. The first-order valence-corrected chi connectivity index (χ1v) is 6.31. The van der Waals surface area contributed by atoms with Gasteiger partial charge in [0.2, 0.25) is 0 Å². The molecule has 3 heteroatoms. The second-order valence-corrected chi connectivity index (χ2v) is 5.77. The Hall–Kier alpha value is -0.280. The molecule has 1 atom stereocenters. The van der Waals surface area contributed by atoms with Crippen LogP contribution in [0.15, 0.2) is 21.2 Å². The zero-order chi connectivity index (χ0) is 11.1. The Kier molecular flexibility index (Phi) is 2.95. The molecule has 1 fully saturated rings. The lowest BCUT2D eigenvalue weighted by Gasteiger charge is -2.30. The highest BCUT2D eigenvalue weighted by Gasteiger charge is 2.34. The Morgan fingerprint density at radius 1 is 1.47 bits per heavy atom. The van der Waals surface area contributed by atoms with Crippen molar-refractivity contribution in [1.82, 2.24) is 5.32 Å². The van der Waals surface area contributed by atoms with E-state index in [-0.39, 0.29) is 5.41 Å². The van der Waals surface area contributed by atoms with E-state index < -0.39 is 0 Å². The molecule has 0 aromatic carbocycles. The molecular weight excluding hydrogens is 254 g/mol. The summed E-state index contributed by atoms with van der Waals surface area (Å²) >= 11 is 3.35. The Morgan fingerprint density at radius 2 is 2.13 bits per heavy atom. The average molecular weight is 272 g/mol. The Labute approximate surface area is 99.6 Å². The molecule has 84 valence electrons. The maximum Gasteiger partial charge on any atom is 0.169 e. The highest BCUT2D eigenvalue weighted by molar-refractivity contribution is 9.10. The summed E-state index contributed by atoms with van der Waals surface area (Å²) in [6.45, 7) is 6.67. The molecule has 1 N–H and O–H groups in total. The van der Waals surface area contributed by atoms with Gasteiger partial charge in [-0.3, -0.25) is 0 Å². The summed E-state index contributed by atoms with van der Waals surface area (Å²) in [6, 6.07) is 5.18. The number of rotatable bonds is 4. The molecule has 0 saturated heterocycles. The fourth-order valence-corrected chi connectivity index (χ4v) is 1.99. The highest BCUT2D eigenvalue weighted by atomic mass is 79.9. The van der Waals surface area contributed by atoms with Crippen molar-refractivity contribution in [2.75, 3.05) is 0 Å². The monoisotopic (exact) mass is 271 g/mol. The predicted molar refractivity (Wildman–Crippen MR) is 65.1 cm³/mol. The van der Waals surface area contributed by atoms with E-state index in [1.807, 2.05) is 6.07 Å². The van der Waals surface area contributed by atoms with E-state index in [0.717, 1.165) is 16.5 Å². The number of hydrogen-bond acceptors (Lipinski definition) is 2. The van der Waals surface area contributed by atoms with Crippen LogP contribution in [0.2, 0.25) is 0 Å². The molecule has 1 saturated carbocycles. The predicted octanol–water partition coefficient (Wildman–Crippen LogP) is 3.46. The van der Waals surface area contributed by atoms with Crippen LogP contribution in [0, 0.1) is 0 Å². The van der Waals surface area contributed by atoms with Crippen LogP contribution in [0.4, 0.5) is 0 Å². The lowest BCUT2D eigenvalue weighted by Crippen LogP contribution is -2.43. The second-order valence-electron chi connectivity index (χ2n) is 4.99. The summed E-state index contributed by atoms with van der Waals surface area (Å²) < 4.78 is 6.46. The summed E-state index contributed by atoms with van der Waals surface area (Å²) in [7, 11) is 0. The van der Waals surface area contributed by atoms with Crippen LogP contribution in [0.25, 0.3) is 0 Å². The van der Waals surface area contributed by atoms with E-state index in [9.17, 15) is 0 Å². The van der Waals surface area contributed by atoms with Crippen LogP contribution < -0.4 is 5.32 Å². The molecule has 0 amide bonds. The standard InChI is InChI=1S/C12H18BrNO/c1-8(14-9-4-5-9)12(2,3)10-6-7-11(13)15-10/h6-9,14H,4-5H2,1-3H3. The van der Waals surface area contributed by atoms with Gasteiger partial charge < -0.3 is 9.73 Å². The molecule has 0 spiro atoms. The maximum atomic E-state index is 5.65. The Balaban J connectivity index is 2.09. The van der Waals surface area contributed by atoms with Gasteiger partial charge in [0.15, 0.2) is 4.67 Å². The topological polar surface area (TPSA) is 25.2 Å². The number of hydrogen-bond donors (Lipinski definition) is 1. The molecule has 1 aliphatic rings. The zero-order valence-corrected chi connectivity index (χ0v) is 11.1. The van der Waals surface area contributed by atoms with Gasteiger partial charge in [-0.25, -0.2) is 0 Å². The zero-order valence-electron chi connectivity index (χ0n) is 9.51. The number of furan rings is 1. The van der Waals surface area contributed by atoms with E-state index in [1.54, 1.807) is 0 Å². The van der Waals surface area contributed by atoms with Gasteiger partial charge in [-0.1, -0.05) is 13.8 Å². The maximum absolute atomic E-state index is 5.65. The minimum atomic E-state index is 0.0363. The molecule has 1 unspecified atom stereocenters. The van der Waals surface area contributed by atoms with Crippen LogP contribution in [0.1, 0.15) is 39.4 Å². The molecule has 1 aromatic heterocycles. The van der Waals surface area contributed by atoms with E-state index in [0.29, 0.717) is 6.04 Å². The third-order valence-electron chi connectivity index (χ3n) is 3.35. The van der Waals surface area contributed by atoms with Crippen molar-refractivity contribution in [3.63, 3.8) is 0 Å². The third-order valence-corrected chi connectivity index (χ3v) is 3.78. The molecule has 0 bridgehead atoms. The molecule has 2 nitrogen and oxygen atoms in total. The minimum Gasteiger partial charge on any atom is -0.454 e. The van der Waals surface area contributed by atoms with Crippen LogP contribution in [-0.2, 0) is 5.41 Å². The Bertz CT molecular complexity index is 341. The van der Waals surface area contributed by atoms with Crippen molar-refractivity contribution in [2.24, 2.45) is 0 Å². The van der Waals surface area contributed by atoms with Gasteiger partial charge in [0, 0.05) is 17.5 Å². The molecule has 0 aliphatic heterocycles.